The van der Waals surface area contributed by atoms with Crippen LogP contribution in [0.2, 0.25) is 16.1 Å². The van der Waals surface area contributed by atoms with E-state index in [0.29, 0.717) is 16.7 Å². The minimum absolute atomic E-state index is 0.107. The van der Waals surface area contributed by atoms with Crippen LogP contribution in [0.3, 0.4) is 0 Å². The number of hydrogen-bond donors (Lipinski definition) is 2. The van der Waals surface area contributed by atoms with Crippen LogP contribution < -0.4 is 10.6 Å². The molecule has 4 rings (SSSR count). The number of piperidine rings is 1. The van der Waals surface area contributed by atoms with Crippen molar-refractivity contribution < 1.29 is 28.0 Å². The van der Waals surface area contributed by atoms with E-state index in [0.717, 1.165) is 12.1 Å². The predicted molar refractivity (Wildman–Crippen MR) is 140 cm³/mol. The smallest absolute Gasteiger partial charge is 0.346 e. The second-order valence-corrected chi connectivity index (χ2v) is 10.5. The molecule has 1 saturated heterocycles. The molecule has 0 spiro atoms. The Kier molecular flexibility index (Phi) is 6.35. The minimum atomic E-state index is -3.75. The number of nitrogens with zero attached hydrogens (tertiary/aromatic N) is 1. The van der Waals surface area contributed by atoms with Crippen molar-refractivity contribution in [2.24, 2.45) is 0 Å². The molecule has 14 heteroatoms. The van der Waals surface area contributed by atoms with Crippen molar-refractivity contribution >= 4 is 66.6 Å². The van der Waals surface area contributed by atoms with Gasteiger partial charge in [0.25, 0.3) is 11.8 Å². The summed E-state index contributed by atoms with van der Waals surface area (Å²) < 4.78 is 29.1. The second-order valence-electron chi connectivity index (χ2n) is 10.0. The molecule has 0 saturated carbocycles. The van der Waals surface area contributed by atoms with Crippen molar-refractivity contribution in [2.45, 2.75) is 35.5 Å². The molecule has 2 atom stereocenters. The molecular formula is C22H22B4ClF2N3O4. The second kappa shape index (κ2) is 8.80. The van der Waals surface area contributed by atoms with Gasteiger partial charge in [0.05, 0.1) is 5.44 Å². The van der Waals surface area contributed by atoms with Gasteiger partial charge in [0, 0.05) is 29.2 Å². The number of rotatable bonds is 5. The quantitative estimate of drug-likeness (QED) is 0.379. The third-order valence-electron chi connectivity index (χ3n) is 7.68. The molecule has 2 aliphatic heterocycles. The van der Waals surface area contributed by atoms with Gasteiger partial charge in [-0.1, -0.05) is 35.9 Å². The monoisotopic (exact) mass is 509 g/mol. The summed E-state index contributed by atoms with van der Waals surface area (Å²) in [7, 11) is 6.87. The maximum atomic E-state index is 14.5. The fourth-order valence-electron chi connectivity index (χ4n) is 4.79. The highest BCUT2D eigenvalue weighted by Gasteiger charge is 2.58. The van der Waals surface area contributed by atoms with Gasteiger partial charge in [0.15, 0.2) is 0 Å². The summed E-state index contributed by atoms with van der Waals surface area (Å²) in [5.41, 5.74) is -0.248. The molecule has 0 aliphatic carbocycles. The van der Waals surface area contributed by atoms with Crippen LogP contribution in [0.1, 0.15) is 27.0 Å². The van der Waals surface area contributed by atoms with Crippen LogP contribution in [0, 0.1) is 0 Å². The van der Waals surface area contributed by atoms with Crippen molar-refractivity contribution in [1.82, 2.24) is 15.5 Å². The highest BCUT2D eigenvalue weighted by Crippen LogP contribution is 2.46. The maximum absolute atomic E-state index is 14.5. The maximum Gasteiger partial charge on any atom is 0.349 e. The highest BCUT2D eigenvalue weighted by atomic mass is 35.5. The van der Waals surface area contributed by atoms with Crippen molar-refractivity contribution in [2.75, 3.05) is 0 Å². The van der Waals surface area contributed by atoms with Crippen LogP contribution in [0.25, 0.3) is 0 Å². The average Bonchev–Trinajstić information content (AvgIpc) is 3.16. The van der Waals surface area contributed by atoms with Crippen LogP contribution in [0.15, 0.2) is 42.5 Å². The van der Waals surface area contributed by atoms with E-state index in [9.17, 15) is 28.0 Å². The topological polar surface area (TPSA) is 95.6 Å². The fourth-order valence-corrected chi connectivity index (χ4v) is 4.91. The fraction of sp³-hybridized carbons (Fsp3) is 0.273. The molecule has 0 radical (unpaired) electrons. The Balaban J connectivity index is 1.51. The van der Waals surface area contributed by atoms with Crippen LogP contribution in [0.5, 0.6) is 0 Å². The standard InChI is InChI=1S/C22H22B4ClF2N3O4/c23-16-20(24,25)17(34)31-18(35)21(16,26)32-9-11-7-10(1-6-14(11)15(32)33)8-30-19(36)22(28,29)12-2-4-13(27)5-3-12/h1-7,16H,8-9,23-26H2,(H,30,36)(H,31,34,35)/t16?,21-/m0/s1. The first-order valence-electron chi connectivity index (χ1n) is 11.4. The first-order valence-corrected chi connectivity index (χ1v) is 11.8. The first kappa shape index (κ1) is 26.0. The Labute approximate surface area is 215 Å². The zero-order chi connectivity index (χ0) is 26.6. The molecule has 36 heavy (non-hydrogen) atoms. The van der Waals surface area contributed by atoms with E-state index in [-0.39, 0.29) is 24.0 Å². The molecule has 1 fully saturated rings. The number of alkyl halides is 2. The Morgan fingerprint density at radius 2 is 1.75 bits per heavy atom. The van der Waals surface area contributed by atoms with Gasteiger partial charge in [-0.3, -0.25) is 24.5 Å². The van der Waals surface area contributed by atoms with E-state index >= 15 is 0 Å². The van der Waals surface area contributed by atoms with E-state index in [1.165, 1.54) is 17.0 Å². The number of carbonyl (C=O) groups excluding carboxylic acids is 4. The van der Waals surface area contributed by atoms with Crippen molar-refractivity contribution in [3.8, 4) is 0 Å². The average molecular weight is 509 g/mol. The summed E-state index contributed by atoms with van der Waals surface area (Å²) in [6.07, 6.45) is 0. The normalized spacial score (nSPS) is 23.2. The molecule has 2 heterocycles. The number of amides is 4. The van der Waals surface area contributed by atoms with Crippen LogP contribution in [0.4, 0.5) is 8.78 Å². The number of fused-ring (bicyclic) bond motifs is 1. The molecule has 0 aromatic heterocycles. The molecule has 4 amide bonds. The Hall–Kier alpha value is -3.07. The summed E-state index contributed by atoms with van der Waals surface area (Å²) in [6, 6.07) is 9.53. The van der Waals surface area contributed by atoms with Gasteiger partial charge in [0.2, 0.25) is 11.8 Å². The number of nitrogens with one attached hydrogen (secondary N) is 2. The molecule has 2 aromatic carbocycles. The van der Waals surface area contributed by atoms with Gasteiger partial charge in [-0.05, 0) is 40.4 Å². The molecular weight excluding hydrogens is 487 g/mol. The lowest BCUT2D eigenvalue weighted by Gasteiger charge is -2.51. The lowest BCUT2D eigenvalue weighted by molar-refractivity contribution is -0.147. The predicted octanol–water partition coefficient (Wildman–Crippen LogP) is -1.51. The number of halogens is 3. The lowest BCUT2D eigenvalue weighted by atomic mass is 9.35. The molecule has 0 bridgehead atoms. The largest absolute Gasteiger partial charge is 0.349 e. The third kappa shape index (κ3) is 4.03. The zero-order valence-electron chi connectivity index (χ0n) is 20.2. The summed E-state index contributed by atoms with van der Waals surface area (Å²) in [5.74, 6) is -6.98. The van der Waals surface area contributed by atoms with E-state index < -0.39 is 45.7 Å². The van der Waals surface area contributed by atoms with Gasteiger partial charge in [-0.25, -0.2) is 0 Å². The summed E-state index contributed by atoms with van der Waals surface area (Å²) in [6.45, 7) is -0.0748. The molecule has 2 N–H and O–H groups in total. The molecule has 2 aliphatic rings. The van der Waals surface area contributed by atoms with E-state index in [2.05, 4.69) is 10.6 Å². The molecule has 1 unspecified atom stereocenters. The van der Waals surface area contributed by atoms with Crippen molar-refractivity contribution in [3.05, 3.63) is 69.7 Å². The van der Waals surface area contributed by atoms with Gasteiger partial charge in [0.1, 0.15) is 31.4 Å². The lowest BCUT2D eigenvalue weighted by Crippen LogP contribution is -2.70. The van der Waals surface area contributed by atoms with Gasteiger partial charge in [-0.15, -0.1) is 0 Å². The highest BCUT2D eigenvalue weighted by molar-refractivity contribution is 6.58. The van der Waals surface area contributed by atoms with Crippen LogP contribution in [-0.2, 0) is 33.4 Å². The zero-order valence-corrected chi connectivity index (χ0v) is 21.0. The molecule has 7 nitrogen and oxygen atoms in total. The summed E-state index contributed by atoms with van der Waals surface area (Å²) in [4.78, 5) is 52.2. The van der Waals surface area contributed by atoms with Crippen molar-refractivity contribution in [3.63, 3.8) is 0 Å². The Morgan fingerprint density at radius 1 is 1.11 bits per heavy atom. The van der Waals surface area contributed by atoms with Crippen molar-refractivity contribution in [1.29, 1.82) is 0 Å². The SMILES string of the molecule is BC1C(B)(B)C(=O)NC(=O)[C@@]1(B)N1Cc2cc(CNC(=O)C(F)(F)c3ccc(Cl)cc3)ccc2C1=O. The van der Waals surface area contributed by atoms with E-state index in [1.54, 1.807) is 49.6 Å². The minimum Gasteiger partial charge on any atom is -0.346 e. The summed E-state index contributed by atoms with van der Waals surface area (Å²) >= 11 is 5.73. The number of carbonyl (C=O) groups is 4. The van der Waals surface area contributed by atoms with Gasteiger partial charge in [-0.2, -0.15) is 8.78 Å². The molecule has 2 aromatic rings. The Morgan fingerprint density at radius 3 is 2.39 bits per heavy atom. The number of benzene rings is 2. The van der Waals surface area contributed by atoms with Crippen LogP contribution in [-0.4, -0.2) is 65.4 Å². The number of hydrogen-bond acceptors (Lipinski definition) is 4. The van der Waals surface area contributed by atoms with Crippen LogP contribution >= 0.6 is 11.6 Å². The third-order valence-corrected chi connectivity index (χ3v) is 7.93. The summed E-state index contributed by atoms with van der Waals surface area (Å²) in [5, 5.41) is 4.03. The van der Waals surface area contributed by atoms with E-state index in [4.69, 9.17) is 11.6 Å². The Bertz CT molecular complexity index is 1290. The molecule has 182 valence electrons. The van der Waals surface area contributed by atoms with Gasteiger partial charge >= 0.3 is 5.92 Å². The first-order chi connectivity index (χ1) is 16.7. The number of imide groups is 1. The van der Waals surface area contributed by atoms with Gasteiger partial charge < -0.3 is 10.2 Å². The van der Waals surface area contributed by atoms with E-state index in [1.807, 2.05) is 0 Å².